The normalized spacial score (nSPS) is 13.2. The predicted molar refractivity (Wildman–Crippen MR) is 146 cm³/mol. The lowest BCUT2D eigenvalue weighted by Crippen LogP contribution is -2.66. The monoisotopic (exact) mass is 555 g/mol. The van der Waals surface area contributed by atoms with Crippen LogP contribution in [0, 0.1) is 0 Å². The van der Waals surface area contributed by atoms with Crippen LogP contribution >= 0.6 is 0 Å². The summed E-state index contributed by atoms with van der Waals surface area (Å²) in [4.78, 5) is 29.9. The Morgan fingerprint density at radius 3 is 2.30 bits per heavy atom. The molecule has 10 heteroatoms. The second-order valence-corrected chi connectivity index (χ2v) is 10.3. The van der Waals surface area contributed by atoms with E-state index in [0.29, 0.717) is 12.8 Å². The van der Waals surface area contributed by atoms with Crippen LogP contribution in [0.2, 0.25) is 0 Å². The molecule has 40 heavy (non-hydrogen) atoms. The van der Waals surface area contributed by atoms with E-state index in [4.69, 9.17) is 9.47 Å². The fourth-order valence-corrected chi connectivity index (χ4v) is 4.05. The maximum atomic E-state index is 16.5. The largest absolute Gasteiger partial charge is 0.508 e. The second-order valence-electron chi connectivity index (χ2n) is 10.3. The lowest BCUT2D eigenvalue weighted by Gasteiger charge is -2.41. The van der Waals surface area contributed by atoms with Crippen LogP contribution in [0.4, 0.5) is 13.6 Å². The summed E-state index contributed by atoms with van der Waals surface area (Å²) in [6.45, 7) is 6.57. The van der Waals surface area contributed by atoms with Gasteiger partial charge in [-0.3, -0.25) is 15.1 Å². The molecule has 1 unspecified atom stereocenters. The third-order valence-electron chi connectivity index (χ3n) is 5.83. The Bertz CT molecular complexity index is 1280. The molecule has 3 aromatic rings. The molecule has 0 bridgehead atoms. The number of rotatable bonds is 11. The first-order valence-corrected chi connectivity index (χ1v) is 13.0. The van der Waals surface area contributed by atoms with Gasteiger partial charge in [0.1, 0.15) is 23.7 Å². The number of hydrogen-bond donors (Lipinski definition) is 3. The molecule has 1 aromatic heterocycles. The van der Waals surface area contributed by atoms with E-state index in [1.807, 2.05) is 37.3 Å². The zero-order valence-electron chi connectivity index (χ0n) is 23.0. The number of carbonyl (C=O) groups is 2. The summed E-state index contributed by atoms with van der Waals surface area (Å²) in [5, 5.41) is 14.7. The zero-order valence-corrected chi connectivity index (χ0v) is 23.0. The van der Waals surface area contributed by atoms with Gasteiger partial charge in [0.15, 0.2) is 5.54 Å². The van der Waals surface area contributed by atoms with Gasteiger partial charge in [0.05, 0.1) is 5.69 Å². The Hall–Kier alpha value is -4.21. The second kappa shape index (κ2) is 12.8. The molecular weight excluding hydrogens is 520 g/mol. The molecule has 2 amide bonds. The number of carbonyl (C=O) groups excluding carboxylic acids is 2. The van der Waals surface area contributed by atoms with E-state index in [1.165, 1.54) is 57.3 Å². The highest BCUT2D eigenvalue weighted by molar-refractivity contribution is 5.78. The summed E-state index contributed by atoms with van der Waals surface area (Å²) in [6.07, 6.45) is 0.938. The molecule has 214 valence electrons. The Balaban J connectivity index is 2.18. The number of pyridine rings is 1. The summed E-state index contributed by atoms with van der Waals surface area (Å²) in [7, 11) is 0. The van der Waals surface area contributed by atoms with Gasteiger partial charge in [0, 0.05) is 18.7 Å². The van der Waals surface area contributed by atoms with Crippen LogP contribution in [0.25, 0.3) is 0 Å². The van der Waals surface area contributed by atoms with E-state index < -0.39 is 34.9 Å². The van der Waals surface area contributed by atoms with E-state index in [-0.39, 0.29) is 30.0 Å². The summed E-state index contributed by atoms with van der Waals surface area (Å²) in [6, 6.07) is 12.9. The first kappa shape index (κ1) is 30.3. The van der Waals surface area contributed by atoms with Gasteiger partial charge in [-0.25, -0.2) is 4.79 Å². The van der Waals surface area contributed by atoms with Crippen LogP contribution in [-0.2, 0) is 21.7 Å². The number of hydrogen-bond acceptors (Lipinski definition) is 6. The van der Waals surface area contributed by atoms with Crippen molar-refractivity contribution in [2.75, 3.05) is 0 Å². The number of halogens is 2. The number of ether oxygens (including phenoxy) is 2. The first-order chi connectivity index (χ1) is 18.9. The molecule has 1 heterocycles. The Morgan fingerprint density at radius 2 is 1.68 bits per heavy atom. The Labute approximate surface area is 232 Å². The molecule has 2 aromatic carbocycles. The smallest absolute Gasteiger partial charge is 0.412 e. The molecule has 1 atom stereocenters. The molecule has 0 saturated heterocycles. The summed E-state index contributed by atoms with van der Waals surface area (Å²) >= 11 is 0. The van der Waals surface area contributed by atoms with Gasteiger partial charge in [-0.1, -0.05) is 49.7 Å². The van der Waals surface area contributed by atoms with Crippen molar-refractivity contribution >= 4 is 12.0 Å². The van der Waals surface area contributed by atoms with E-state index in [2.05, 4.69) is 10.3 Å². The molecule has 0 radical (unpaired) electrons. The van der Waals surface area contributed by atoms with Crippen LogP contribution in [-0.4, -0.2) is 33.7 Å². The molecular formula is C30H35F2N3O5. The quantitative estimate of drug-likeness (QED) is 0.249. The fraction of sp³-hybridized carbons (Fsp3) is 0.367. The number of benzene rings is 2. The number of nitrogens with zero attached hydrogens (tertiary/aromatic N) is 1. The van der Waals surface area contributed by atoms with Crippen molar-refractivity contribution in [3.8, 4) is 11.5 Å². The number of aromatic hydroxyl groups is 1. The van der Waals surface area contributed by atoms with Crippen molar-refractivity contribution in [1.82, 2.24) is 15.6 Å². The van der Waals surface area contributed by atoms with Crippen LogP contribution in [0.5, 0.6) is 11.5 Å². The maximum absolute atomic E-state index is 16.5. The zero-order chi connectivity index (χ0) is 29.4. The third-order valence-corrected chi connectivity index (χ3v) is 5.83. The molecule has 3 rings (SSSR count). The number of alkyl halides is 2. The van der Waals surface area contributed by atoms with Crippen molar-refractivity contribution in [2.45, 2.75) is 70.8 Å². The summed E-state index contributed by atoms with van der Waals surface area (Å²) in [5.41, 5.74) is -3.55. The molecule has 0 aliphatic heterocycles. The average molecular weight is 556 g/mol. The van der Waals surface area contributed by atoms with Crippen molar-refractivity contribution in [3.05, 3.63) is 89.7 Å². The number of phenolic OH excluding ortho intramolecular Hbond substituents is 1. The third kappa shape index (κ3) is 7.68. The lowest BCUT2D eigenvalue weighted by atomic mass is 9.82. The Morgan fingerprint density at radius 1 is 0.975 bits per heavy atom. The standard InChI is InChI=1S/C30H35F2N3O5/c1-5-6-15-26(37)34-29(25-14-10-11-16-33-25,30(31,32)35-27(38)40-28(2,3)4)22-17-23(36)19-24(18-22)39-20-21-12-8-7-9-13-21/h7-14,16-19,36H,5-6,15,20H2,1-4H3,(H,34,37)(H,35,38). The number of unbranched alkanes of at least 4 members (excludes halogenated alkanes) is 1. The van der Waals surface area contributed by atoms with Crippen LogP contribution in [0.1, 0.15) is 63.8 Å². The van der Waals surface area contributed by atoms with Crippen molar-refractivity contribution in [2.24, 2.45) is 0 Å². The molecule has 0 spiro atoms. The molecule has 0 saturated carbocycles. The van der Waals surface area contributed by atoms with Gasteiger partial charge >= 0.3 is 12.1 Å². The summed E-state index contributed by atoms with van der Waals surface area (Å²) in [5.74, 6) is -1.03. The number of phenols is 1. The average Bonchev–Trinajstić information content (AvgIpc) is 2.88. The molecule has 0 aliphatic rings. The van der Waals surface area contributed by atoms with Crippen molar-refractivity contribution in [3.63, 3.8) is 0 Å². The Kier molecular flexibility index (Phi) is 9.68. The lowest BCUT2D eigenvalue weighted by molar-refractivity contribution is -0.137. The van der Waals surface area contributed by atoms with E-state index in [1.54, 1.807) is 5.32 Å². The number of alkyl carbamates (subject to hydrolysis) is 1. The predicted octanol–water partition coefficient (Wildman–Crippen LogP) is 6.03. The summed E-state index contributed by atoms with van der Waals surface area (Å²) < 4.78 is 44.0. The first-order valence-electron chi connectivity index (χ1n) is 13.0. The van der Waals surface area contributed by atoms with Gasteiger partial charge in [0.25, 0.3) is 0 Å². The maximum Gasteiger partial charge on any atom is 0.412 e. The molecule has 8 nitrogen and oxygen atoms in total. The van der Waals surface area contributed by atoms with E-state index in [0.717, 1.165) is 11.6 Å². The van der Waals surface area contributed by atoms with Crippen LogP contribution in [0.15, 0.2) is 72.9 Å². The number of amides is 2. The van der Waals surface area contributed by atoms with Crippen molar-refractivity contribution in [1.29, 1.82) is 0 Å². The van der Waals surface area contributed by atoms with Crippen molar-refractivity contribution < 1.29 is 33.0 Å². The number of aromatic nitrogens is 1. The van der Waals surface area contributed by atoms with Gasteiger partial charge < -0.3 is 19.9 Å². The van der Waals surface area contributed by atoms with E-state index >= 15 is 8.78 Å². The minimum absolute atomic E-state index is 0.0518. The van der Waals surface area contributed by atoms with Gasteiger partial charge in [0.2, 0.25) is 5.91 Å². The van der Waals surface area contributed by atoms with Crippen LogP contribution in [0.3, 0.4) is 0 Å². The SMILES string of the molecule is CCCCC(=O)NC(c1cc(O)cc(OCc2ccccc2)c1)(c1ccccn1)C(F)(F)NC(=O)OC(C)(C)C. The van der Waals surface area contributed by atoms with Gasteiger partial charge in [-0.2, -0.15) is 8.78 Å². The minimum atomic E-state index is -4.20. The highest BCUT2D eigenvalue weighted by Gasteiger charge is 2.60. The van der Waals surface area contributed by atoms with E-state index in [9.17, 15) is 14.7 Å². The van der Waals surface area contributed by atoms with Gasteiger partial charge in [-0.05, 0) is 62.6 Å². The molecule has 0 aliphatic carbocycles. The van der Waals surface area contributed by atoms with Gasteiger partial charge in [-0.15, -0.1) is 0 Å². The fourth-order valence-electron chi connectivity index (χ4n) is 4.05. The minimum Gasteiger partial charge on any atom is -0.508 e. The molecule has 3 N–H and O–H groups in total. The van der Waals surface area contributed by atoms with Crippen LogP contribution < -0.4 is 15.4 Å². The highest BCUT2D eigenvalue weighted by atomic mass is 19.3. The number of nitrogens with one attached hydrogen (secondary N) is 2. The highest BCUT2D eigenvalue weighted by Crippen LogP contribution is 2.44. The topological polar surface area (TPSA) is 110 Å². The molecule has 0 fully saturated rings.